The number of benzene rings is 1. The lowest BCUT2D eigenvalue weighted by molar-refractivity contribution is 0.227. The molecule has 1 aromatic carbocycles. The van der Waals surface area contributed by atoms with Gasteiger partial charge in [-0.1, -0.05) is 0 Å². The van der Waals surface area contributed by atoms with Crippen molar-refractivity contribution in [2.75, 3.05) is 18.9 Å². The van der Waals surface area contributed by atoms with E-state index in [4.69, 9.17) is 5.26 Å². The number of amides is 2. The Bertz CT molecular complexity index is 383. The van der Waals surface area contributed by atoms with Gasteiger partial charge in [0.2, 0.25) is 0 Å². The average Bonchev–Trinajstić information content (AvgIpc) is 2.22. The van der Waals surface area contributed by atoms with Gasteiger partial charge in [0.1, 0.15) is 12.4 Å². The van der Waals surface area contributed by atoms with E-state index in [0.717, 1.165) is 0 Å². The second-order valence-electron chi connectivity index (χ2n) is 2.95. The number of urea groups is 1. The minimum Gasteiger partial charge on any atom is -0.314 e. The number of carbonyl (C=O) groups excluding carboxylic acids is 1. The van der Waals surface area contributed by atoms with E-state index in [1.54, 1.807) is 0 Å². The summed E-state index contributed by atoms with van der Waals surface area (Å²) >= 11 is 0. The number of halogens is 1. The van der Waals surface area contributed by atoms with E-state index >= 15 is 0 Å². The molecule has 0 saturated heterocycles. The number of hydrogen-bond acceptors (Lipinski definition) is 2. The van der Waals surface area contributed by atoms with Crippen LogP contribution in [-0.2, 0) is 0 Å². The Hall–Kier alpha value is -2.09. The summed E-state index contributed by atoms with van der Waals surface area (Å²) in [5, 5.41) is 10.9. The van der Waals surface area contributed by atoms with Crippen molar-refractivity contribution in [1.82, 2.24) is 4.90 Å². The molecule has 0 aliphatic rings. The highest BCUT2D eigenvalue weighted by Gasteiger charge is 2.07. The number of hydrogen-bond donors (Lipinski definition) is 1. The average molecular weight is 207 g/mol. The molecular weight excluding hydrogens is 197 g/mol. The van der Waals surface area contributed by atoms with E-state index in [1.165, 1.54) is 36.2 Å². The molecule has 0 aliphatic heterocycles. The lowest BCUT2D eigenvalue weighted by Gasteiger charge is -2.13. The van der Waals surface area contributed by atoms with E-state index in [9.17, 15) is 9.18 Å². The van der Waals surface area contributed by atoms with Crippen LogP contribution < -0.4 is 5.32 Å². The predicted molar refractivity (Wildman–Crippen MR) is 53.7 cm³/mol. The minimum atomic E-state index is -0.400. The van der Waals surface area contributed by atoms with Crippen LogP contribution in [0.4, 0.5) is 14.9 Å². The van der Waals surface area contributed by atoms with Crippen LogP contribution in [-0.4, -0.2) is 24.5 Å². The number of nitrogens with one attached hydrogen (secondary N) is 1. The summed E-state index contributed by atoms with van der Waals surface area (Å²) in [6, 6.07) is 6.85. The zero-order chi connectivity index (χ0) is 11.3. The Balaban J connectivity index is 2.59. The van der Waals surface area contributed by atoms with Gasteiger partial charge in [-0.3, -0.25) is 0 Å². The van der Waals surface area contributed by atoms with Gasteiger partial charge in [-0.25, -0.2) is 9.18 Å². The Labute approximate surface area is 86.9 Å². The van der Waals surface area contributed by atoms with Crippen molar-refractivity contribution in [2.24, 2.45) is 0 Å². The molecule has 15 heavy (non-hydrogen) atoms. The molecule has 4 nitrogen and oxygen atoms in total. The number of nitrogens with zero attached hydrogens (tertiary/aromatic N) is 2. The van der Waals surface area contributed by atoms with E-state index in [2.05, 4.69) is 5.32 Å². The van der Waals surface area contributed by atoms with Gasteiger partial charge in [0.05, 0.1) is 6.07 Å². The molecule has 1 N–H and O–H groups in total. The molecule has 0 unspecified atom stereocenters. The van der Waals surface area contributed by atoms with Gasteiger partial charge in [-0.05, 0) is 24.3 Å². The monoisotopic (exact) mass is 207 g/mol. The summed E-state index contributed by atoms with van der Waals surface area (Å²) in [7, 11) is 1.50. The van der Waals surface area contributed by atoms with Gasteiger partial charge >= 0.3 is 6.03 Å². The molecule has 0 saturated carbocycles. The molecule has 0 heterocycles. The first-order chi connectivity index (χ1) is 7.13. The van der Waals surface area contributed by atoms with Gasteiger partial charge in [-0.2, -0.15) is 5.26 Å². The highest BCUT2D eigenvalue weighted by molar-refractivity contribution is 5.89. The summed E-state index contributed by atoms with van der Waals surface area (Å²) in [5.74, 6) is -0.363. The molecule has 5 heteroatoms. The number of nitriles is 1. The maximum Gasteiger partial charge on any atom is 0.322 e. The summed E-state index contributed by atoms with van der Waals surface area (Å²) < 4.78 is 12.5. The number of anilines is 1. The molecule has 0 bridgehead atoms. The Kier molecular flexibility index (Phi) is 3.63. The normalized spacial score (nSPS) is 9.13. The molecule has 0 aliphatic carbocycles. The van der Waals surface area contributed by atoms with Crippen LogP contribution in [0.3, 0.4) is 0 Å². The molecule has 1 aromatic rings. The third-order valence-electron chi connectivity index (χ3n) is 1.75. The Morgan fingerprint density at radius 1 is 1.53 bits per heavy atom. The maximum atomic E-state index is 12.5. The summed E-state index contributed by atoms with van der Waals surface area (Å²) in [6.07, 6.45) is 0. The first-order valence-electron chi connectivity index (χ1n) is 4.28. The quantitative estimate of drug-likeness (QED) is 0.752. The van der Waals surface area contributed by atoms with Crippen molar-refractivity contribution in [3.8, 4) is 6.07 Å². The third kappa shape index (κ3) is 3.27. The molecular formula is C10H10FN3O. The van der Waals surface area contributed by atoms with Crippen LogP contribution in [0.2, 0.25) is 0 Å². The van der Waals surface area contributed by atoms with E-state index in [0.29, 0.717) is 5.69 Å². The zero-order valence-corrected chi connectivity index (χ0v) is 8.20. The van der Waals surface area contributed by atoms with Gasteiger partial charge < -0.3 is 10.2 Å². The highest BCUT2D eigenvalue weighted by Crippen LogP contribution is 2.08. The van der Waals surface area contributed by atoms with Crippen molar-refractivity contribution in [3.05, 3.63) is 30.1 Å². The molecule has 0 fully saturated rings. The Morgan fingerprint density at radius 2 is 2.13 bits per heavy atom. The van der Waals surface area contributed by atoms with Crippen LogP contribution in [0.25, 0.3) is 0 Å². The predicted octanol–water partition coefficient (Wildman–Crippen LogP) is 1.81. The topological polar surface area (TPSA) is 56.1 Å². The van der Waals surface area contributed by atoms with Crippen LogP contribution in [0.5, 0.6) is 0 Å². The van der Waals surface area contributed by atoms with Gasteiger partial charge in [-0.15, -0.1) is 0 Å². The van der Waals surface area contributed by atoms with Crippen LogP contribution in [0.1, 0.15) is 0 Å². The fourth-order valence-electron chi connectivity index (χ4n) is 0.930. The second-order valence-corrected chi connectivity index (χ2v) is 2.95. The fourth-order valence-corrected chi connectivity index (χ4v) is 0.930. The summed E-state index contributed by atoms with van der Waals surface area (Å²) in [6.45, 7) is 0.00697. The fraction of sp³-hybridized carbons (Fsp3) is 0.200. The van der Waals surface area contributed by atoms with Crippen LogP contribution in [0.15, 0.2) is 24.3 Å². The lowest BCUT2D eigenvalue weighted by atomic mass is 10.3. The van der Waals surface area contributed by atoms with E-state index < -0.39 is 6.03 Å². The lowest BCUT2D eigenvalue weighted by Crippen LogP contribution is -2.31. The SMILES string of the molecule is CN(CC#N)C(=O)Nc1ccc(F)cc1. The minimum absolute atomic E-state index is 0.00697. The molecule has 0 radical (unpaired) electrons. The van der Waals surface area contributed by atoms with Gasteiger partial charge in [0.25, 0.3) is 0 Å². The first kappa shape index (κ1) is 11.0. The largest absolute Gasteiger partial charge is 0.322 e. The number of rotatable bonds is 2. The van der Waals surface area contributed by atoms with Crippen molar-refractivity contribution in [1.29, 1.82) is 5.26 Å². The molecule has 0 spiro atoms. The highest BCUT2D eigenvalue weighted by atomic mass is 19.1. The van der Waals surface area contributed by atoms with Crippen molar-refractivity contribution in [3.63, 3.8) is 0 Å². The molecule has 1 rings (SSSR count). The standard InChI is InChI=1S/C10H10FN3O/c1-14(7-6-12)10(15)13-9-4-2-8(11)3-5-9/h2-5H,7H2,1H3,(H,13,15). The second kappa shape index (κ2) is 4.96. The molecule has 2 amide bonds. The van der Waals surface area contributed by atoms with Gasteiger partial charge in [0.15, 0.2) is 0 Å². The first-order valence-corrected chi connectivity index (χ1v) is 4.28. The molecule has 78 valence electrons. The third-order valence-corrected chi connectivity index (χ3v) is 1.75. The molecule has 0 atom stereocenters. The summed E-state index contributed by atoms with van der Waals surface area (Å²) in [4.78, 5) is 12.6. The van der Waals surface area contributed by atoms with Crippen molar-refractivity contribution in [2.45, 2.75) is 0 Å². The number of carbonyl (C=O) groups is 1. The Morgan fingerprint density at radius 3 is 2.67 bits per heavy atom. The van der Waals surface area contributed by atoms with Crippen LogP contribution in [0, 0.1) is 17.1 Å². The zero-order valence-electron chi connectivity index (χ0n) is 8.20. The summed E-state index contributed by atoms with van der Waals surface area (Å²) in [5.41, 5.74) is 0.492. The van der Waals surface area contributed by atoms with Crippen LogP contribution >= 0.6 is 0 Å². The van der Waals surface area contributed by atoms with E-state index in [1.807, 2.05) is 6.07 Å². The van der Waals surface area contributed by atoms with Crippen molar-refractivity contribution < 1.29 is 9.18 Å². The van der Waals surface area contributed by atoms with Crippen molar-refractivity contribution >= 4 is 11.7 Å². The smallest absolute Gasteiger partial charge is 0.314 e. The van der Waals surface area contributed by atoms with E-state index in [-0.39, 0.29) is 12.4 Å². The van der Waals surface area contributed by atoms with Gasteiger partial charge in [0, 0.05) is 12.7 Å². The molecule has 0 aromatic heterocycles. The maximum absolute atomic E-state index is 12.5.